The van der Waals surface area contributed by atoms with Crippen LogP contribution in [0.25, 0.3) is 5.70 Å². The molecule has 2 heterocycles. The van der Waals surface area contributed by atoms with Crippen LogP contribution in [0.4, 0.5) is 11.6 Å². The molecule has 1 unspecified atom stereocenters. The third-order valence-electron chi connectivity index (χ3n) is 5.51. The fraction of sp³-hybridized carbons (Fsp3) is 0.120. The number of hydrogen-bond donors (Lipinski definition) is 1. The molecule has 3 aromatic carbocycles. The lowest BCUT2D eigenvalue weighted by atomic mass is 10.00. The van der Waals surface area contributed by atoms with E-state index in [1.54, 1.807) is 28.9 Å². The van der Waals surface area contributed by atoms with Crippen molar-refractivity contribution in [3.63, 3.8) is 0 Å². The third-order valence-corrected chi connectivity index (χ3v) is 5.76. The van der Waals surface area contributed by atoms with Gasteiger partial charge in [-0.25, -0.2) is 0 Å². The molecule has 7 nitrogen and oxygen atoms in total. The highest BCUT2D eigenvalue weighted by Crippen LogP contribution is 2.36. The van der Waals surface area contributed by atoms with Gasteiger partial charge in [-0.05, 0) is 58.8 Å². The van der Waals surface area contributed by atoms with Crippen molar-refractivity contribution in [3.05, 3.63) is 107 Å². The lowest BCUT2D eigenvalue weighted by molar-refractivity contribution is -0.114. The van der Waals surface area contributed by atoms with Crippen LogP contribution in [0, 0.1) is 6.92 Å². The van der Waals surface area contributed by atoms with Crippen molar-refractivity contribution in [2.75, 3.05) is 16.8 Å². The van der Waals surface area contributed by atoms with Gasteiger partial charge in [-0.3, -0.25) is 9.69 Å². The summed E-state index contributed by atoms with van der Waals surface area (Å²) in [5, 5.41) is 15.9. The minimum Gasteiger partial charge on any atom is -0.325 e. The first-order valence-corrected chi connectivity index (χ1v) is 10.9. The molecule has 8 heteroatoms. The van der Waals surface area contributed by atoms with Crippen molar-refractivity contribution < 1.29 is 4.79 Å². The maximum absolute atomic E-state index is 13.0. The molecule has 1 aromatic heterocycles. The molecule has 1 aliphatic rings. The van der Waals surface area contributed by atoms with Crippen LogP contribution in [0.3, 0.4) is 0 Å². The molecule has 0 radical (unpaired) electrons. The van der Waals surface area contributed by atoms with Crippen molar-refractivity contribution in [1.29, 1.82) is 0 Å². The van der Waals surface area contributed by atoms with E-state index in [0.717, 1.165) is 22.4 Å². The number of carbonyl (C=O) groups is 1. The smallest absolute Gasteiger partial charge is 0.251 e. The maximum atomic E-state index is 13.0. The van der Waals surface area contributed by atoms with E-state index < -0.39 is 0 Å². The molecule has 1 N–H and O–H groups in total. The number of nitrogens with one attached hydrogen (secondary N) is 1. The zero-order chi connectivity index (χ0) is 22.8. The summed E-state index contributed by atoms with van der Waals surface area (Å²) in [7, 11) is 0. The summed E-state index contributed by atoms with van der Waals surface area (Å²) in [6.07, 6.45) is 2.10. The number of aromatic nitrogens is 4. The summed E-state index contributed by atoms with van der Waals surface area (Å²) in [6.45, 7) is 2.09. The summed E-state index contributed by atoms with van der Waals surface area (Å²) < 4.78 is 1.74. The molecule has 0 fully saturated rings. The Morgan fingerprint density at radius 2 is 1.73 bits per heavy atom. The number of rotatable bonds is 5. The second kappa shape index (κ2) is 8.88. The highest BCUT2D eigenvalue weighted by molar-refractivity contribution is 6.30. The average molecular weight is 457 g/mol. The molecule has 0 aliphatic carbocycles. The minimum absolute atomic E-state index is 0.0459. The van der Waals surface area contributed by atoms with Crippen LogP contribution in [0.15, 0.2) is 84.9 Å². The fourth-order valence-electron chi connectivity index (χ4n) is 3.86. The van der Waals surface area contributed by atoms with Gasteiger partial charge in [-0.1, -0.05) is 76.9 Å². The number of amides is 1. The second-order valence-corrected chi connectivity index (χ2v) is 8.27. The van der Waals surface area contributed by atoms with Crippen LogP contribution < -0.4 is 10.2 Å². The molecule has 1 atom stereocenters. The van der Waals surface area contributed by atoms with Crippen LogP contribution in [0.5, 0.6) is 0 Å². The molecule has 0 saturated heterocycles. The molecular formula is C25H21ClN6O. The Morgan fingerprint density at radius 1 is 1.00 bits per heavy atom. The quantitative estimate of drug-likeness (QED) is 0.470. The number of hydrogen-bond acceptors (Lipinski definition) is 5. The number of allylic oxidation sites excluding steroid dienone is 1. The Bertz CT molecular complexity index is 1300. The summed E-state index contributed by atoms with van der Waals surface area (Å²) in [4.78, 5) is 14.8. The first kappa shape index (κ1) is 20.9. The van der Waals surface area contributed by atoms with Crippen LogP contribution >= 0.6 is 11.6 Å². The first-order valence-electron chi connectivity index (χ1n) is 10.5. The van der Waals surface area contributed by atoms with Gasteiger partial charge in [0, 0.05) is 10.7 Å². The summed E-state index contributed by atoms with van der Waals surface area (Å²) in [6, 6.07) is 25.1. The van der Waals surface area contributed by atoms with Crippen LogP contribution in [-0.2, 0) is 4.79 Å². The molecule has 164 valence electrons. The van der Waals surface area contributed by atoms with Crippen molar-refractivity contribution in [1.82, 2.24) is 20.2 Å². The zero-order valence-electron chi connectivity index (χ0n) is 17.9. The Labute approximate surface area is 196 Å². The molecular weight excluding hydrogens is 436 g/mol. The van der Waals surface area contributed by atoms with E-state index in [1.807, 2.05) is 54.3 Å². The molecule has 33 heavy (non-hydrogen) atoms. The van der Waals surface area contributed by atoms with Gasteiger partial charge in [0.2, 0.25) is 5.91 Å². The molecule has 5 rings (SSSR count). The predicted octanol–water partition coefficient (Wildman–Crippen LogP) is 4.72. The van der Waals surface area contributed by atoms with E-state index in [9.17, 15) is 4.79 Å². The van der Waals surface area contributed by atoms with E-state index >= 15 is 0 Å². The maximum Gasteiger partial charge on any atom is 0.251 e. The Hall–Kier alpha value is -3.97. The molecule has 0 saturated carbocycles. The number of benzene rings is 3. The van der Waals surface area contributed by atoms with E-state index in [2.05, 4.69) is 39.1 Å². The molecule has 0 spiro atoms. The van der Waals surface area contributed by atoms with Crippen LogP contribution in [0.1, 0.15) is 22.7 Å². The van der Waals surface area contributed by atoms with Gasteiger partial charge in [0.05, 0.1) is 5.70 Å². The highest BCUT2D eigenvalue weighted by Gasteiger charge is 2.31. The van der Waals surface area contributed by atoms with Crippen molar-refractivity contribution >= 4 is 34.8 Å². The number of fused-ring (bicyclic) bond motifs is 1. The number of aryl methyl sites for hydroxylation is 1. The van der Waals surface area contributed by atoms with Crippen molar-refractivity contribution in [3.8, 4) is 0 Å². The van der Waals surface area contributed by atoms with Gasteiger partial charge in [0.1, 0.15) is 12.6 Å². The lowest BCUT2D eigenvalue weighted by Crippen LogP contribution is -2.37. The topological polar surface area (TPSA) is 75.9 Å². The Morgan fingerprint density at radius 3 is 2.45 bits per heavy atom. The van der Waals surface area contributed by atoms with Crippen molar-refractivity contribution in [2.45, 2.75) is 13.0 Å². The summed E-state index contributed by atoms with van der Waals surface area (Å²) in [5.74, 6) is 0.316. The standard InChI is InChI=1S/C25H21ClN6O/c1-17-7-9-19(10-8-17)22-15-23(18-5-3-2-4-6-18)32-25(28-29-30-32)31(22)16-24(33)27-21-13-11-20(26)12-14-21/h2-15,23H,16H2,1H3,(H,27,33). The Kier molecular flexibility index (Phi) is 5.62. The lowest BCUT2D eigenvalue weighted by Gasteiger charge is -2.32. The van der Waals surface area contributed by atoms with Gasteiger partial charge in [0.25, 0.3) is 5.95 Å². The van der Waals surface area contributed by atoms with Crippen LogP contribution in [0.2, 0.25) is 5.02 Å². The second-order valence-electron chi connectivity index (χ2n) is 7.84. The van der Waals surface area contributed by atoms with Gasteiger partial charge in [-0.2, -0.15) is 4.68 Å². The van der Waals surface area contributed by atoms with Gasteiger partial charge in [-0.15, -0.1) is 0 Å². The van der Waals surface area contributed by atoms with E-state index in [0.29, 0.717) is 16.7 Å². The number of nitrogens with zero attached hydrogens (tertiary/aromatic N) is 5. The SMILES string of the molecule is Cc1ccc(C2=CC(c3ccccc3)n3nnnc3N2CC(=O)Nc2ccc(Cl)cc2)cc1. The third kappa shape index (κ3) is 4.36. The zero-order valence-corrected chi connectivity index (χ0v) is 18.6. The van der Waals surface area contributed by atoms with Gasteiger partial charge >= 0.3 is 0 Å². The van der Waals surface area contributed by atoms with E-state index in [-0.39, 0.29) is 18.5 Å². The minimum atomic E-state index is -0.192. The van der Waals surface area contributed by atoms with Gasteiger partial charge < -0.3 is 5.32 Å². The number of halogens is 1. The monoisotopic (exact) mass is 456 g/mol. The number of anilines is 2. The number of carbonyl (C=O) groups excluding carboxylic acids is 1. The predicted molar refractivity (Wildman–Crippen MR) is 129 cm³/mol. The van der Waals surface area contributed by atoms with E-state index in [4.69, 9.17) is 11.6 Å². The first-order chi connectivity index (χ1) is 16.1. The number of tetrazole rings is 1. The largest absolute Gasteiger partial charge is 0.325 e. The molecule has 4 aromatic rings. The van der Waals surface area contributed by atoms with Crippen molar-refractivity contribution in [2.24, 2.45) is 0 Å². The van der Waals surface area contributed by atoms with Crippen LogP contribution in [-0.4, -0.2) is 32.7 Å². The fourth-order valence-corrected chi connectivity index (χ4v) is 3.99. The Balaban J connectivity index is 1.52. The van der Waals surface area contributed by atoms with E-state index in [1.165, 1.54) is 0 Å². The van der Waals surface area contributed by atoms with Gasteiger partial charge in [0.15, 0.2) is 0 Å². The molecule has 1 amide bonds. The average Bonchev–Trinajstić information content (AvgIpc) is 3.32. The molecule has 0 bridgehead atoms. The highest BCUT2D eigenvalue weighted by atomic mass is 35.5. The summed E-state index contributed by atoms with van der Waals surface area (Å²) in [5.41, 5.74) is 4.74. The normalized spacial score (nSPS) is 15.0. The summed E-state index contributed by atoms with van der Waals surface area (Å²) >= 11 is 5.96. The molecule has 1 aliphatic heterocycles.